The van der Waals surface area contributed by atoms with E-state index in [1.54, 1.807) is 16.7 Å². The second-order valence-corrected chi connectivity index (χ2v) is 7.89. The Balaban J connectivity index is 0.00000161. The minimum atomic E-state index is 0. The van der Waals surface area contributed by atoms with Crippen molar-refractivity contribution < 1.29 is 57.7 Å². The molecular weight excluding hydrogens is 382 g/mol. The van der Waals surface area contributed by atoms with Crippen molar-refractivity contribution in [2.24, 2.45) is 0 Å². The first kappa shape index (κ1) is 23.3. The summed E-state index contributed by atoms with van der Waals surface area (Å²) in [5, 5.41) is 0. The first-order valence-corrected chi connectivity index (χ1v) is 8.52. The molecule has 1 aromatic rings. The Labute approximate surface area is 171 Å². The van der Waals surface area contributed by atoms with Gasteiger partial charge in [-0.1, -0.05) is 0 Å². The largest absolute Gasteiger partial charge is 1.00 e. The van der Waals surface area contributed by atoms with Gasteiger partial charge in [0.1, 0.15) is 0 Å². The Morgan fingerprint density at radius 1 is 1.00 bits per heavy atom. The van der Waals surface area contributed by atoms with Crippen LogP contribution in [0.5, 0.6) is 0 Å². The van der Waals surface area contributed by atoms with E-state index in [1.807, 2.05) is 0 Å². The zero-order valence-electron chi connectivity index (χ0n) is 14.0. The average molecular weight is 406 g/mol. The predicted octanol–water partition coefficient (Wildman–Crippen LogP) is -3.61. The quantitative estimate of drug-likeness (QED) is 0.446. The summed E-state index contributed by atoms with van der Waals surface area (Å²) in [5.41, 5.74) is 9.39. The maximum absolute atomic E-state index is 2.55. The van der Waals surface area contributed by atoms with Crippen LogP contribution in [0.3, 0.4) is 0 Å². The molecule has 0 saturated heterocycles. The molecule has 0 fully saturated rings. The van der Waals surface area contributed by atoms with Crippen molar-refractivity contribution in [3.63, 3.8) is 0 Å². The first-order valence-electron chi connectivity index (χ1n) is 7.74. The third kappa shape index (κ3) is 4.47. The SMILES string of the molecule is CC1=C[C]([Ti+3])(Cc2cccc(C)c2C)C2=C1CCCC2.[Cl-].[Cl-].[Cl-]. The molecule has 0 nitrogen and oxygen atoms in total. The smallest absolute Gasteiger partial charge is 1.00 e. The molecule has 2 aliphatic carbocycles. The van der Waals surface area contributed by atoms with Gasteiger partial charge >= 0.3 is 135 Å². The van der Waals surface area contributed by atoms with Crippen LogP contribution in [0.1, 0.15) is 49.3 Å². The molecule has 0 N–H and O–H groups in total. The van der Waals surface area contributed by atoms with Gasteiger partial charge in [-0.2, -0.15) is 0 Å². The van der Waals surface area contributed by atoms with Gasteiger partial charge in [-0.15, -0.1) is 0 Å². The van der Waals surface area contributed by atoms with E-state index in [0.29, 0.717) is 0 Å². The summed E-state index contributed by atoms with van der Waals surface area (Å²) in [5.74, 6) is 0. The molecule has 1 unspecified atom stereocenters. The molecule has 0 bridgehead atoms. The second-order valence-electron chi connectivity index (χ2n) is 6.50. The molecule has 0 spiro atoms. The van der Waals surface area contributed by atoms with E-state index in [1.165, 1.54) is 42.4 Å². The third-order valence-corrected chi connectivity index (χ3v) is 6.10. The number of rotatable bonds is 2. The predicted molar refractivity (Wildman–Crippen MR) is 81.6 cm³/mol. The van der Waals surface area contributed by atoms with Crippen molar-refractivity contribution in [2.75, 3.05) is 0 Å². The fourth-order valence-electron chi connectivity index (χ4n) is 3.84. The Morgan fingerprint density at radius 2 is 1.65 bits per heavy atom. The zero-order valence-corrected chi connectivity index (χ0v) is 17.8. The summed E-state index contributed by atoms with van der Waals surface area (Å²) < 4.78 is 0.262. The summed E-state index contributed by atoms with van der Waals surface area (Å²) in [6.45, 7) is 6.81. The van der Waals surface area contributed by atoms with E-state index in [4.69, 9.17) is 0 Å². The van der Waals surface area contributed by atoms with Crippen molar-refractivity contribution in [3.8, 4) is 0 Å². The van der Waals surface area contributed by atoms with Crippen molar-refractivity contribution in [1.29, 1.82) is 0 Å². The van der Waals surface area contributed by atoms with Crippen LogP contribution >= 0.6 is 0 Å². The second kappa shape index (κ2) is 9.11. The molecule has 0 amide bonds. The number of halogens is 3. The fraction of sp³-hybridized carbons (Fsp3) is 0.474. The van der Waals surface area contributed by atoms with Crippen molar-refractivity contribution in [1.82, 2.24) is 0 Å². The zero-order chi connectivity index (χ0) is 14.3. The molecule has 0 radical (unpaired) electrons. The normalized spacial score (nSPS) is 22.4. The molecule has 0 heterocycles. The van der Waals surface area contributed by atoms with E-state index >= 15 is 0 Å². The fourth-order valence-corrected chi connectivity index (χ4v) is 4.90. The van der Waals surface area contributed by atoms with Crippen LogP contribution in [-0.4, -0.2) is 0 Å². The van der Waals surface area contributed by atoms with Crippen LogP contribution in [0.4, 0.5) is 0 Å². The molecule has 3 rings (SSSR count). The minimum absolute atomic E-state index is 0. The van der Waals surface area contributed by atoms with Crippen molar-refractivity contribution >= 4 is 0 Å². The molecule has 0 aliphatic heterocycles. The molecule has 2 aliphatic rings. The van der Waals surface area contributed by atoms with E-state index in [0.717, 1.165) is 6.42 Å². The third-order valence-electron chi connectivity index (χ3n) is 5.13. The molecule has 124 valence electrons. The summed E-state index contributed by atoms with van der Waals surface area (Å²) in [4.78, 5) is 0. The first-order chi connectivity index (χ1) is 9.51. The van der Waals surface area contributed by atoms with Crippen LogP contribution in [-0.2, 0) is 26.9 Å². The summed E-state index contributed by atoms with van der Waals surface area (Å²) in [6.07, 6.45) is 9.08. The van der Waals surface area contributed by atoms with E-state index in [2.05, 4.69) is 65.5 Å². The van der Waals surface area contributed by atoms with E-state index in [9.17, 15) is 0 Å². The maximum atomic E-state index is 2.55. The minimum Gasteiger partial charge on any atom is -1.00 e. The molecule has 0 aromatic heterocycles. The molecule has 23 heavy (non-hydrogen) atoms. The molecule has 1 atom stereocenters. The Hall–Kier alpha value is 0.284. The van der Waals surface area contributed by atoms with Gasteiger partial charge in [0.25, 0.3) is 0 Å². The number of hydrogen-bond donors (Lipinski definition) is 0. The Kier molecular flexibility index (Phi) is 9.23. The molecule has 1 aromatic carbocycles. The monoisotopic (exact) mass is 404 g/mol. The van der Waals surface area contributed by atoms with Gasteiger partial charge in [0.2, 0.25) is 0 Å². The van der Waals surface area contributed by atoms with Crippen LogP contribution in [0.25, 0.3) is 0 Å². The standard InChI is InChI=1S/C19H23.3ClH.Ti/c1-13-7-6-8-16(15(13)3)12-17-11-14(2)18-9-4-5-10-19(17)18;;;;/h6-8,11H,4-5,9-10,12H2,1-3H3;3*1H;/q;;;;+3/p-3. The summed E-state index contributed by atoms with van der Waals surface area (Å²) >= 11 is 2.45. The number of aryl methyl sites for hydroxylation is 1. The maximum Gasteiger partial charge on any atom is -1.00 e. The van der Waals surface area contributed by atoms with Crippen LogP contribution < -0.4 is 37.2 Å². The van der Waals surface area contributed by atoms with Crippen LogP contribution in [0.15, 0.2) is 41.0 Å². The topological polar surface area (TPSA) is 0 Å². The molecular formula is C19H23Cl3Ti. The van der Waals surface area contributed by atoms with Gasteiger partial charge in [0.05, 0.1) is 0 Å². The van der Waals surface area contributed by atoms with Gasteiger partial charge in [0.15, 0.2) is 0 Å². The van der Waals surface area contributed by atoms with Crippen molar-refractivity contribution in [2.45, 2.75) is 56.6 Å². The van der Waals surface area contributed by atoms with Gasteiger partial charge in [-0.05, 0) is 0 Å². The van der Waals surface area contributed by atoms with Crippen molar-refractivity contribution in [3.05, 3.63) is 57.7 Å². The van der Waals surface area contributed by atoms with Gasteiger partial charge in [-0.3, -0.25) is 0 Å². The Bertz CT molecular complexity index is 619. The average Bonchev–Trinajstić information content (AvgIpc) is 2.68. The van der Waals surface area contributed by atoms with Gasteiger partial charge in [-0.25, -0.2) is 0 Å². The number of allylic oxidation sites excluding steroid dienone is 4. The Morgan fingerprint density at radius 3 is 2.35 bits per heavy atom. The van der Waals surface area contributed by atoms with E-state index < -0.39 is 0 Å². The molecule has 0 saturated carbocycles. The van der Waals surface area contributed by atoms with Gasteiger partial charge < -0.3 is 37.2 Å². The van der Waals surface area contributed by atoms with Crippen LogP contribution in [0.2, 0.25) is 3.72 Å². The van der Waals surface area contributed by atoms with Crippen LogP contribution in [0, 0.1) is 13.8 Å². The van der Waals surface area contributed by atoms with Gasteiger partial charge in [0, 0.05) is 0 Å². The summed E-state index contributed by atoms with van der Waals surface area (Å²) in [7, 11) is 0. The summed E-state index contributed by atoms with van der Waals surface area (Å²) in [6, 6.07) is 6.75. The van der Waals surface area contributed by atoms with E-state index in [-0.39, 0.29) is 40.9 Å². The molecule has 4 heteroatoms. The number of hydrogen-bond acceptors (Lipinski definition) is 0. The number of benzene rings is 1.